The topological polar surface area (TPSA) is 81.0 Å². The van der Waals surface area contributed by atoms with E-state index in [0.29, 0.717) is 5.92 Å². The van der Waals surface area contributed by atoms with E-state index in [2.05, 4.69) is 29.1 Å². The van der Waals surface area contributed by atoms with Crippen LogP contribution in [0.4, 0.5) is 11.5 Å². The van der Waals surface area contributed by atoms with Crippen LogP contribution in [0.2, 0.25) is 5.15 Å². The smallest absolute Gasteiger partial charge is 0.348 e. The number of hydrogen-bond donors (Lipinski definition) is 1. The fourth-order valence-electron chi connectivity index (χ4n) is 1.69. The molecule has 2 atom stereocenters. The minimum Gasteiger partial charge on any atom is -0.362 e. The Kier molecular flexibility index (Phi) is 5.27. The summed E-state index contributed by atoms with van der Waals surface area (Å²) >= 11 is 5.71. The van der Waals surface area contributed by atoms with Crippen LogP contribution in [0.25, 0.3) is 0 Å². The van der Waals surface area contributed by atoms with E-state index < -0.39 is 4.92 Å². The molecule has 0 amide bonds. The zero-order valence-corrected chi connectivity index (χ0v) is 11.4. The predicted octanol–water partition coefficient (Wildman–Crippen LogP) is 3.27. The first-order valence-corrected chi connectivity index (χ1v) is 6.24. The standard InChI is InChI=1S/C11H17ClN4O2/c1-4-7(2)5-8(3)15-11-9(16(17)18)10(12)13-6-14-11/h6-8H,4-5H2,1-3H3,(H,13,14,15). The Hall–Kier alpha value is -1.43. The predicted molar refractivity (Wildman–Crippen MR) is 70.9 cm³/mol. The van der Waals surface area contributed by atoms with Crippen LogP contribution in [-0.2, 0) is 0 Å². The molecule has 0 aliphatic heterocycles. The fraction of sp³-hybridized carbons (Fsp3) is 0.636. The summed E-state index contributed by atoms with van der Waals surface area (Å²) in [5, 5.41) is 13.8. The first-order chi connectivity index (χ1) is 8.45. The molecule has 0 aliphatic rings. The van der Waals surface area contributed by atoms with E-state index in [4.69, 9.17) is 11.6 Å². The second-order valence-corrected chi connectivity index (χ2v) is 4.77. The highest BCUT2D eigenvalue weighted by atomic mass is 35.5. The molecular formula is C11H17ClN4O2. The van der Waals surface area contributed by atoms with Crippen molar-refractivity contribution in [3.05, 3.63) is 21.6 Å². The van der Waals surface area contributed by atoms with Crippen molar-refractivity contribution in [1.29, 1.82) is 0 Å². The zero-order valence-electron chi connectivity index (χ0n) is 10.7. The van der Waals surface area contributed by atoms with Gasteiger partial charge in [0, 0.05) is 6.04 Å². The number of halogens is 1. The van der Waals surface area contributed by atoms with Crippen LogP contribution in [-0.4, -0.2) is 20.9 Å². The minimum absolute atomic E-state index is 0.0876. The van der Waals surface area contributed by atoms with Crippen LogP contribution in [0.5, 0.6) is 0 Å². The molecule has 2 unspecified atom stereocenters. The van der Waals surface area contributed by atoms with E-state index in [-0.39, 0.29) is 22.7 Å². The molecular weight excluding hydrogens is 256 g/mol. The van der Waals surface area contributed by atoms with Crippen molar-refractivity contribution in [2.45, 2.75) is 39.7 Å². The summed E-state index contributed by atoms with van der Waals surface area (Å²) < 4.78 is 0. The van der Waals surface area contributed by atoms with E-state index in [1.54, 1.807) is 0 Å². The van der Waals surface area contributed by atoms with Gasteiger partial charge in [0.15, 0.2) is 0 Å². The molecule has 18 heavy (non-hydrogen) atoms. The normalized spacial score (nSPS) is 14.0. The molecule has 0 aliphatic carbocycles. The van der Waals surface area contributed by atoms with Gasteiger partial charge in [-0.15, -0.1) is 0 Å². The van der Waals surface area contributed by atoms with Crippen molar-refractivity contribution in [3.63, 3.8) is 0 Å². The van der Waals surface area contributed by atoms with Gasteiger partial charge >= 0.3 is 5.69 Å². The highest BCUT2D eigenvalue weighted by molar-refractivity contribution is 6.31. The first kappa shape index (κ1) is 14.6. The van der Waals surface area contributed by atoms with Crippen LogP contribution < -0.4 is 5.32 Å². The van der Waals surface area contributed by atoms with Gasteiger partial charge in [-0.05, 0) is 19.3 Å². The Morgan fingerprint density at radius 2 is 2.17 bits per heavy atom. The summed E-state index contributed by atoms with van der Waals surface area (Å²) in [7, 11) is 0. The van der Waals surface area contributed by atoms with Crippen molar-refractivity contribution in [1.82, 2.24) is 9.97 Å². The molecule has 0 spiro atoms. The molecule has 0 radical (unpaired) electrons. The molecule has 0 fully saturated rings. The second-order valence-electron chi connectivity index (χ2n) is 4.41. The summed E-state index contributed by atoms with van der Waals surface area (Å²) in [6, 6.07) is 0.0876. The van der Waals surface area contributed by atoms with E-state index in [1.807, 2.05) is 6.92 Å². The molecule has 1 rings (SSSR count). The third-order valence-corrected chi connectivity index (χ3v) is 3.07. The van der Waals surface area contributed by atoms with E-state index in [0.717, 1.165) is 12.8 Å². The van der Waals surface area contributed by atoms with Gasteiger partial charge in [-0.3, -0.25) is 10.1 Å². The van der Waals surface area contributed by atoms with Crippen molar-refractivity contribution >= 4 is 23.1 Å². The molecule has 0 aromatic carbocycles. The van der Waals surface area contributed by atoms with Gasteiger partial charge in [-0.2, -0.15) is 0 Å². The molecule has 1 aromatic heterocycles. The van der Waals surface area contributed by atoms with Gasteiger partial charge in [0.1, 0.15) is 6.33 Å². The lowest BCUT2D eigenvalue weighted by molar-refractivity contribution is -0.384. The molecule has 0 saturated carbocycles. The fourth-order valence-corrected chi connectivity index (χ4v) is 1.89. The lowest BCUT2D eigenvalue weighted by Gasteiger charge is -2.17. The van der Waals surface area contributed by atoms with Gasteiger partial charge in [0.05, 0.1) is 4.92 Å². The third-order valence-electron chi connectivity index (χ3n) is 2.80. The molecule has 1 heterocycles. The van der Waals surface area contributed by atoms with E-state index in [9.17, 15) is 10.1 Å². The summed E-state index contributed by atoms with van der Waals surface area (Å²) in [4.78, 5) is 17.8. The van der Waals surface area contributed by atoms with E-state index in [1.165, 1.54) is 6.33 Å². The number of hydrogen-bond acceptors (Lipinski definition) is 5. The van der Waals surface area contributed by atoms with E-state index >= 15 is 0 Å². The van der Waals surface area contributed by atoms with Crippen LogP contribution in [0.15, 0.2) is 6.33 Å². The van der Waals surface area contributed by atoms with Crippen molar-refractivity contribution in [2.24, 2.45) is 5.92 Å². The Labute approximate surface area is 111 Å². The van der Waals surface area contributed by atoms with Crippen LogP contribution in [0.3, 0.4) is 0 Å². The highest BCUT2D eigenvalue weighted by Crippen LogP contribution is 2.29. The number of nitrogens with zero attached hydrogens (tertiary/aromatic N) is 3. The average Bonchev–Trinajstić information content (AvgIpc) is 2.28. The summed E-state index contributed by atoms with van der Waals surface area (Å²) in [6.45, 7) is 6.22. The molecule has 6 nitrogen and oxygen atoms in total. The second kappa shape index (κ2) is 6.49. The number of nitro groups is 1. The molecule has 1 aromatic rings. The summed E-state index contributed by atoms with van der Waals surface area (Å²) in [5.41, 5.74) is -0.268. The number of aromatic nitrogens is 2. The SMILES string of the molecule is CCC(C)CC(C)Nc1ncnc(Cl)c1[N+](=O)[O-]. The van der Waals surface area contributed by atoms with Gasteiger partial charge in [0.2, 0.25) is 11.0 Å². The molecule has 1 N–H and O–H groups in total. The average molecular weight is 273 g/mol. The molecule has 100 valence electrons. The molecule has 0 saturated heterocycles. The molecule has 7 heteroatoms. The molecule has 0 bridgehead atoms. The zero-order chi connectivity index (χ0) is 13.7. The minimum atomic E-state index is -0.569. The maximum absolute atomic E-state index is 10.9. The van der Waals surface area contributed by atoms with Crippen LogP contribution in [0, 0.1) is 16.0 Å². The van der Waals surface area contributed by atoms with Gasteiger partial charge in [-0.1, -0.05) is 31.9 Å². The number of anilines is 1. The van der Waals surface area contributed by atoms with Crippen molar-refractivity contribution in [3.8, 4) is 0 Å². The summed E-state index contributed by atoms with van der Waals surface area (Å²) in [6.07, 6.45) is 3.20. The summed E-state index contributed by atoms with van der Waals surface area (Å²) in [5.74, 6) is 0.722. The Morgan fingerprint density at radius 1 is 1.50 bits per heavy atom. The Morgan fingerprint density at radius 3 is 2.72 bits per heavy atom. The first-order valence-electron chi connectivity index (χ1n) is 5.87. The van der Waals surface area contributed by atoms with Gasteiger partial charge in [0.25, 0.3) is 0 Å². The lowest BCUT2D eigenvalue weighted by atomic mass is 10.0. The Bertz CT molecular complexity index is 428. The quantitative estimate of drug-likeness (QED) is 0.488. The Balaban J connectivity index is 2.84. The number of nitrogens with one attached hydrogen (secondary N) is 1. The number of rotatable bonds is 6. The van der Waals surface area contributed by atoms with Gasteiger partial charge < -0.3 is 5.32 Å². The monoisotopic (exact) mass is 272 g/mol. The maximum Gasteiger partial charge on any atom is 0.348 e. The van der Waals surface area contributed by atoms with Gasteiger partial charge in [-0.25, -0.2) is 9.97 Å². The highest BCUT2D eigenvalue weighted by Gasteiger charge is 2.22. The lowest BCUT2D eigenvalue weighted by Crippen LogP contribution is -2.20. The van der Waals surface area contributed by atoms with Crippen LogP contribution in [0.1, 0.15) is 33.6 Å². The van der Waals surface area contributed by atoms with Crippen molar-refractivity contribution < 1.29 is 4.92 Å². The van der Waals surface area contributed by atoms with Crippen LogP contribution >= 0.6 is 11.6 Å². The largest absolute Gasteiger partial charge is 0.362 e. The third kappa shape index (κ3) is 3.80. The van der Waals surface area contributed by atoms with Crippen molar-refractivity contribution in [2.75, 3.05) is 5.32 Å². The maximum atomic E-state index is 10.9.